The van der Waals surface area contributed by atoms with Crippen LogP contribution < -0.4 is 0 Å². The zero-order chi connectivity index (χ0) is 8.39. The van der Waals surface area contributed by atoms with Gasteiger partial charge in [0.15, 0.2) is 0 Å². The molecule has 2 heteroatoms. The van der Waals surface area contributed by atoms with E-state index in [1.165, 1.54) is 0 Å². The number of nitrogens with zero attached hydrogens (tertiary/aromatic N) is 1. The summed E-state index contributed by atoms with van der Waals surface area (Å²) < 4.78 is 2.06. The van der Waals surface area contributed by atoms with Crippen molar-refractivity contribution >= 4 is 12.6 Å². The van der Waals surface area contributed by atoms with Crippen LogP contribution in [0, 0.1) is 0 Å². The van der Waals surface area contributed by atoms with Gasteiger partial charge in [-0.15, -0.1) is 12.6 Å². The smallest absolute Gasteiger partial charge is 0.0450 e. The van der Waals surface area contributed by atoms with E-state index in [1.807, 2.05) is 48.8 Å². The van der Waals surface area contributed by atoms with Crippen molar-refractivity contribution in [3.8, 4) is 5.69 Å². The summed E-state index contributed by atoms with van der Waals surface area (Å²) in [5.41, 5.74) is 1.16. The molecule has 2 rings (SSSR count). The van der Waals surface area contributed by atoms with E-state index in [-0.39, 0.29) is 0 Å². The van der Waals surface area contributed by atoms with Crippen molar-refractivity contribution in [3.05, 3.63) is 48.8 Å². The molecule has 0 aliphatic carbocycles. The summed E-state index contributed by atoms with van der Waals surface area (Å²) in [7, 11) is 0. The van der Waals surface area contributed by atoms with Crippen LogP contribution in [0.1, 0.15) is 0 Å². The molecule has 0 bridgehead atoms. The minimum Gasteiger partial charge on any atom is -0.324 e. The fraction of sp³-hybridized carbons (Fsp3) is 0. The monoisotopic (exact) mass is 175 g/mol. The first-order valence-corrected chi connectivity index (χ1v) is 4.23. The lowest BCUT2D eigenvalue weighted by molar-refractivity contribution is 1.08. The van der Waals surface area contributed by atoms with E-state index in [4.69, 9.17) is 0 Å². The van der Waals surface area contributed by atoms with Crippen LogP contribution in [0.3, 0.4) is 0 Å². The number of thiol groups is 1. The lowest BCUT2D eigenvalue weighted by atomic mass is 10.3. The van der Waals surface area contributed by atoms with Crippen molar-refractivity contribution < 1.29 is 0 Å². The average molecular weight is 175 g/mol. The molecule has 12 heavy (non-hydrogen) atoms. The summed E-state index contributed by atoms with van der Waals surface area (Å²) in [5.74, 6) is 0. The molecule has 1 aromatic heterocycles. The fourth-order valence-electron chi connectivity index (χ4n) is 1.13. The first kappa shape index (κ1) is 7.50. The highest BCUT2D eigenvalue weighted by atomic mass is 32.1. The Labute approximate surface area is 77.1 Å². The summed E-state index contributed by atoms with van der Waals surface area (Å²) >= 11 is 4.22. The first-order chi connectivity index (χ1) is 5.86. The van der Waals surface area contributed by atoms with Crippen LogP contribution in [0.5, 0.6) is 0 Å². The first-order valence-electron chi connectivity index (χ1n) is 3.78. The second-order valence-corrected chi connectivity index (χ2v) is 3.12. The molecular formula is C10H9NS. The maximum absolute atomic E-state index is 4.22. The van der Waals surface area contributed by atoms with Crippen LogP contribution in [0.4, 0.5) is 0 Å². The van der Waals surface area contributed by atoms with Crippen LogP contribution in [0.25, 0.3) is 5.69 Å². The predicted octanol–water partition coefficient (Wildman–Crippen LogP) is 2.77. The predicted molar refractivity (Wildman–Crippen MR) is 53.0 cm³/mol. The van der Waals surface area contributed by atoms with Gasteiger partial charge in [0.05, 0.1) is 0 Å². The van der Waals surface area contributed by atoms with Crippen molar-refractivity contribution in [2.24, 2.45) is 0 Å². The zero-order valence-corrected chi connectivity index (χ0v) is 7.41. The number of hydrogen-bond donors (Lipinski definition) is 1. The Morgan fingerprint density at radius 1 is 0.917 bits per heavy atom. The van der Waals surface area contributed by atoms with Crippen LogP contribution in [0.15, 0.2) is 53.7 Å². The van der Waals surface area contributed by atoms with E-state index in [0.717, 1.165) is 10.6 Å². The van der Waals surface area contributed by atoms with Gasteiger partial charge in [0, 0.05) is 23.0 Å². The molecule has 60 valence electrons. The summed E-state index contributed by atoms with van der Waals surface area (Å²) in [5, 5.41) is 0. The van der Waals surface area contributed by atoms with Gasteiger partial charge in [0.1, 0.15) is 0 Å². The Kier molecular flexibility index (Phi) is 1.92. The standard InChI is InChI=1S/C10H9NS/c12-10-5-3-9(4-6-10)11-7-1-2-8-11/h1-8,12H. The van der Waals surface area contributed by atoms with E-state index in [9.17, 15) is 0 Å². The molecule has 1 nitrogen and oxygen atoms in total. The zero-order valence-electron chi connectivity index (χ0n) is 6.51. The maximum atomic E-state index is 4.22. The summed E-state index contributed by atoms with van der Waals surface area (Å²) in [4.78, 5) is 0.992. The minimum atomic E-state index is 0.992. The van der Waals surface area contributed by atoms with Gasteiger partial charge in [-0.05, 0) is 36.4 Å². The third-order valence-electron chi connectivity index (χ3n) is 1.75. The van der Waals surface area contributed by atoms with Crippen molar-refractivity contribution in [2.75, 3.05) is 0 Å². The average Bonchev–Trinajstić information content (AvgIpc) is 2.58. The second kappa shape index (κ2) is 3.07. The molecule has 0 radical (unpaired) electrons. The molecule has 0 saturated carbocycles. The Morgan fingerprint density at radius 3 is 2.08 bits per heavy atom. The van der Waals surface area contributed by atoms with Gasteiger partial charge >= 0.3 is 0 Å². The molecule has 0 spiro atoms. The molecule has 0 N–H and O–H groups in total. The van der Waals surface area contributed by atoms with Gasteiger partial charge < -0.3 is 4.57 Å². The van der Waals surface area contributed by atoms with Gasteiger partial charge in [0.25, 0.3) is 0 Å². The summed E-state index contributed by atoms with van der Waals surface area (Å²) in [6, 6.07) is 12.1. The Hall–Kier alpha value is -1.15. The molecule has 0 aliphatic rings. The van der Waals surface area contributed by atoms with Gasteiger partial charge in [-0.2, -0.15) is 0 Å². The topological polar surface area (TPSA) is 4.93 Å². The van der Waals surface area contributed by atoms with Gasteiger partial charge in [-0.25, -0.2) is 0 Å². The molecule has 0 unspecified atom stereocenters. The minimum absolute atomic E-state index is 0.992. The van der Waals surface area contributed by atoms with Crippen LogP contribution >= 0.6 is 12.6 Å². The van der Waals surface area contributed by atoms with E-state index in [1.54, 1.807) is 0 Å². The van der Waals surface area contributed by atoms with Crippen molar-refractivity contribution in [2.45, 2.75) is 4.90 Å². The highest BCUT2D eigenvalue weighted by Crippen LogP contribution is 2.11. The largest absolute Gasteiger partial charge is 0.324 e. The number of aromatic nitrogens is 1. The third kappa shape index (κ3) is 1.38. The SMILES string of the molecule is Sc1ccc(-n2cccc2)cc1. The van der Waals surface area contributed by atoms with Crippen LogP contribution in [-0.4, -0.2) is 4.57 Å². The lowest BCUT2D eigenvalue weighted by Crippen LogP contribution is -1.87. The summed E-state index contributed by atoms with van der Waals surface area (Å²) in [6.07, 6.45) is 4.04. The van der Waals surface area contributed by atoms with Gasteiger partial charge in [0.2, 0.25) is 0 Å². The van der Waals surface area contributed by atoms with E-state index in [0.29, 0.717) is 0 Å². The number of rotatable bonds is 1. The maximum Gasteiger partial charge on any atom is 0.0450 e. The van der Waals surface area contributed by atoms with Crippen molar-refractivity contribution in [3.63, 3.8) is 0 Å². The van der Waals surface area contributed by atoms with E-state index in [2.05, 4.69) is 17.2 Å². The van der Waals surface area contributed by atoms with Crippen LogP contribution in [0.2, 0.25) is 0 Å². The fourth-order valence-corrected chi connectivity index (χ4v) is 1.28. The molecule has 1 heterocycles. The molecule has 0 saturated heterocycles. The molecule has 0 atom stereocenters. The third-order valence-corrected chi connectivity index (χ3v) is 2.05. The molecule has 2 aromatic rings. The molecular weight excluding hydrogens is 166 g/mol. The number of benzene rings is 1. The lowest BCUT2D eigenvalue weighted by Gasteiger charge is -2.01. The Morgan fingerprint density at radius 2 is 1.50 bits per heavy atom. The molecule has 0 aliphatic heterocycles. The summed E-state index contributed by atoms with van der Waals surface area (Å²) in [6.45, 7) is 0. The van der Waals surface area contributed by atoms with Gasteiger partial charge in [-0.1, -0.05) is 0 Å². The highest BCUT2D eigenvalue weighted by molar-refractivity contribution is 7.80. The normalized spacial score (nSPS) is 10.1. The second-order valence-electron chi connectivity index (χ2n) is 2.61. The van der Waals surface area contributed by atoms with E-state index >= 15 is 0 Å². The molecule has 0 amide bonds. The molecule has 1 aromatic carbocycles. The highest BCUT2D eigenvalue weighted by Gasteiger charge is 1.91. The molecule has 0 fully saturated rings. The number of hydrogen-bond acceptors (Lipinski definition) is 1. The Balaban J connectivity index is 2.43. The van der Waals surface area contributed by atoms with Crippen molar-refractivity contribution in [1.29, 1.82) is 0 Å². The Bertz CT molecular complexity index is 348. The van der Waals surface area contributed by atoms with Crippen molar-refractivity contribution in [1.82, 2.24) is 4.57 Å². The van der Waals surface area contributed by atoms with Gasteiger partial charge in [-0.3, -0.25) is 0 Å². The quantitative estimate of drug-likeness (QED) is 0.636. The van der Waals surface area contributed by atoms with E-state index < -0.39 is 0 Å². The van der Waals surface area contributed by atoms with Crippen LogP contribution in [-0.2, 0) is 0 Å².